The second-order valence-corrected chi connectivity index (χ2v) is 8.05. The molecule has 1 unspecified atom stereocenters. The third-order valence-corrected chi connectivity index (χ3v) is 4.68. The van der Waals surface area contributed by atoms with Gasteiger partial charge in [-0.15, -0.1) is 12.4 Å². The molecule has 1 aliphatic heterocycles. The van der Waals surface area contributed by atoms with E-state index in [1.807, 2.05) is 56.0 Å². The number of nitrogens with two attached hydrogens (primary N) is 1. The van der Waals surface area contributed by atoms with Crippen molar-refractivity contribution in [2.24, 2.45) is 17.1 Å². The Morgan fingerprint density at radius 1 is 1.27 bits per heavy atom. The predicted octanol–water partition coefficient (Wildman–Crippen LogP) is 2.38. The summed E-state index contributed by atoms with van der Waals surface area (Å²) in [5, 5.41) is 3.01. The SMILES string of the molecule is CC(C)(C)C(=O)NCC1CCCN(C(=O)[C@@H](N)Cc2ccccc2)C1.Cl. The van der Waals surface area contributed by atoms with E-state index in [4.69, 9.17) is 5.73 Å². The normalized spacial score (nSPS) is 18.6. The third kappa shape index (κ3) is 6.61. The van der Waals surface area contributed by atoms with Gasteiger partial charge in [0.25, 0.3) is 0 Å². The van der Waals surface area contributed by atoms with E-state index < -0.39 is 6.04 Å². The molecule has 1 saturated heterocycles. The standard InChI is InChI=1S/C20H31N3O2.ClH/c1-20(2,3)19(25)22-13-16-10-7-11-23(14-16)18(24)17(21)12-15-8-5-4-6-9-15;/h4-6,8-9,16-17H,7,10-14,21H2,1-3H3,(H,22,25);1H/t16?,17-;/m0./s1. The molecule has 0 aromatic heterocycles. The van der Waals surface area contributed by atoms with Gasteiger partial charge in [-0.05, 0) is 30.7 Å². The number of likely N-dealkylation sites (tertiary alicyclic amines) is 1. The highest BCUT2D eigenvalue weighted by molar-refractivity contribution is 5.85. The lowest BCUT2D eigenvalue weighted by molar-refractivity contribution is -0.134. The Balaban J connectivity index is 0.00000338. The molecule has 2 rings (SSSR count). The van der Waals surface area contributed by atoms with Gasteiger partial charge < -0.3 is 16.0 Å². The van der Waals surface area contributed by atoms with Crippen molar-refractivity contribution in [3.8, 4) is 0 Å². The number of nitrogens with one attached hydrogen (secondary N) is 1. The Bertz CT molecular complexity index is 586. The summed E-state index contributed by atoms with van der Waals surface area (Å²) in [6.45, 7) is 7.76. The van der Waals surface area contributed by atoms with Crippen molar-refractivity contribution in [1.29, 1.82) is 0 Å². The monoisotopic (exact) mass is 381 g/mol. The lowest BCUT2D eigenvalue weighted by atomic mass is 9.93. The highest BCUT2D eigenvalue weighted by atomic mass is 35.5. The maximum Gasteiger partial charge on any atom is 0.239 e. The minimum absolute atomic E-state index is 0. The number of amides is 2. The van der Waals surface area contributed by atoms with E-state index in [0.717, 1.165) is 24.9 Å². The van der Waals surface area contributed by atoms with Crippen LogP contribution in [0.25, 0.3) is 0 Å². The molecule has 0 aliphatic carbocycles. The van der Waals surface area contributed by atoms with E-state index in [1.54, 1.807) is 0 Å². The van der Waals surface area contributed by atoms with Crippen LogP contribution in [-0.4, -0.2) is 42.4 Å². The van der Waals surface area contributed by atoms with Gasteiger partial charge in [-0.25, -0.2) is 0 Å². The van der Waals surface area contributed by atoms with Gasteiger partial charge in [0.1, 0.15) is 0 Å². The summed E-state index contributed by atoms with van der Waals surface area (Å²) in [4.78, 5) is 26.5. The summed E-state index contributed by atoms with van der Waals surface area (Å²) in [5.74, 6) is 0.361. The third-order valence-electron chi connectivity index (χ3n) is 4.68. The quantitative estimate of drug-likeness (QED) is 0.822. The number of nitrogens with zero attached hydrogens (tertiary/aromatic N) is 1. The molecule has 1 heterocycles. The van der Waals surface area contributed by atoms with Crippen molar-refractivity contribution in [2.75, 3.05) is 19.6 Å². The number of hydrogen-bond acceptors (Lipinski definition) is 3. The van der Waals surface area contributed by atoms with Gasteiger partial charge in [-0.1, -0.05) is 51.1 Å². The highest BCUT2D eigenvalue weighted by Crippen LogP contribution is 2.18. The Hall–Kier alpha value is -1.59. The zero-order chi connectivity index (χ0) is 18.4. The smallest absolute Gasteiger partial charge is 0.239 e. The molecule has 1 fully saturated rings. The molecule has 0 radical (unpaired) electrons. The van der Waals surface area contributed by atoms with Crippen molar-refractivity contribution in [3.05, 3.63) is 35.9 Å². The van der Waals surface area contributed by atoms with E-state index >= 15 is 0 Å². The molecule has 1 aliphatic rings. The second kappa shape index (κ2) is 9.93. The van der Waals surface area contributed by atoms with Gasteiger partial charge in [0.15, 0.2) is 0 Å². The molecule has 6 heteroatoms. The van der Waals surface area contributed by atoms with E-state index in [2.05, 4.69) is 5.32 Å². The van der Waals surface area contributed by atoms with E-state index in [9.17, 15) is 9.59 Å². The topological polar surface area (TPSA) is 75.4 Å². The molecule has 0 bridgehead atoms. The Labute approximate surface area is 163 Å². The van der Waals surface area contributed by atoms with Crippen molar-refractivity contribution >= 4 is 24.2 Å². The molecule has 1 aromatic rings. The van der Waals surface area contributed by atoms with Crippen molar-refractivity contribution in [3.63, 3.8) is 0 Å². The van der Waals surface area contributed by atoms with Crippen LogP contribution in [0.4, 0.5) is 0 Å². The number of piperidine rings is 1. The zero-order valence-corrected chi connectivity index (χ0v) is 16.8. The van der Waals surface area contributed by atoms with Crippen LogP contribution < -0.4 is 11.1 Å². The van der Waals surface area contributed by atoms with Crippen molar-refractivity contribution in [1.82, 2.24) is 10.2 Å². The van der Waals surface area contributed by atoms with Gasteiger partial charge in [-0.2, -0.15) is 0 Å². The van der Waals surface area contributed by atoms with Gasteiger partial charge in [0.2, 0.25) is 11.8 Å². The molecule has 0 saturated carbocycles. The van der Waals surface area contributed by atoms with Crippen LogP contribution in [-0.2, 0) is 16.0 Å². The second-order valence-electron chi connectivity index (χ2n) is 8.05. The Kier molecular flexibility index (Phi) is 8.57. The number of carbonyl (C=O) groups excluding carboxylic acids is 2. The summed E-state index contributed by atoms with van der Waals surface area (Å²) in [7, 11) is 0. The highest BCUT2D eigenvalue weighted by Gasteiger charge is 2.28. The van der Waals surface area contributed by atoms with Gasteiger partial charge >= 0.3 is 0 Å². The molecule has 1 aromatic carbocycles. The summed E-state index contributed by atoms with van der Waals surface area (Å²) in [6, 6.07) is 9.36. The van der Waals surface area contributed by atoms with Crippen molar-refractivity contribution in [2.45, 2.75) is 46.1 Å². The summed E-state index contributed by atoms with van der Waals surface area (Å²) >= 11 is 0. The largest absolute Gasteiger partial charge is 0.355 e. The average molecular weight is 382 g/mol. The molecule has 2 atom stereocenters. The van der Waals surface area contributed by atoms with Crippen molar-refractivity contribution < 1.29 is 9.59 Å². The fourth-order valence-electron chi connectivity index (χ4n) is 3.12. The number of benzene rings is 1. The van der Waals surface area contributed by atoms with E-state index in [0.29, 0.717) is 25.4 Å². The molecule has 2 amide bonds. The van der Waals surface area contributed by atoms with Crippen LogP contribution >= 0.6 is 12.4 Å². The first kappa shape index (κ1) is 22.5. The number of carbonyl (C=O) groups is 2. The van der Waals surface area contributed by atoms with Crippen LogP contribution in [0.3, 0.4) is 0 Å². The molecule has 26 heavy (non-hydrogen) atoms. The van der Waals surface area contributed by atoms with Gasteiger partial charge in [-0.3, -0.25) is 9.59 Å². The first-order valence-electron chi connectivity index (χ1n) is 9.14. The number of hydrogen-bond donors (Lipinski definition) is 2. The molecule has 0 spiro atoms. The van der Waals surface area contributed by atoms with E-state index in [-0.39, 0.29) is 29.6 Å². The lowest BCUT2D eigenvalue weighted by Gasteiger charge is -2.34. The fourth-order valence-corrected chi connectivity index (χ4v) is 3.12. The van der Waals surface area contributed by atoms with Gasteiger partial charge in [0, 0.05) is 25.0 Å². The minimum atomic E-state index is -0.509. The Morgan fingerprint density at radius 2 is 1.92 bits per heavy atom. The zero-order valence-electron chi connectivity index (χ0n) is 16.0. The van der Waals surface area contributed by atoms with Crippen LogP contribution in [0.1, 0.15) is 39.2 Å². The predicted molar refractivity (Wildman–Crippen MR) is 107 cm³/mol. The molecule has 5 nitrogen and oxygen atoms in total. The fraction of sp³-hybridized carbons (Fsp3) is 0.600. The maximum absolute atomic E-state index is 12.7. The van der Waals surface area contributed by atoms with Crippen LogP contribution in [0, 0.1) is 11.3 Å². The van der Waals surface area contributed by atoms with E-state index in [1.165, 1.54) is 0 Å². The molecule has 3 N–H and O–H groups in total. The lowest BCUT2D eigenvalue weighted by Crippen LogP contribution is -2.50. The molecular formula is C20H32ClN3O2. The first-order valence-corrected chi connectivity index (χ1v) is 9.14. The average Bonchev–Trinajstić information content (AvgIpc) is 2.59. The van der Waals surface area contributed by atoms with Crippen LogP contribution in [0.5, 0.6) is 0 Å². The number of rotatable bonds is 5. The Morgan fingerprint density at radius 3 is 2.54 bits per heavy atom. The minimum Gasteiger partial charge on any atom is -0.355 e. The number of halogens is 1. The summed E-state index contributed by atoms with van der Waals surface area (Å²) in [6.07, 6.45) is 2.55. The van der Waals surface area contributed by atoms with Crippen LogP contribution in [0.2, 0.25) is 0 Å². The summed E-state index contributed by atoms with van der Waals surface area (Å²) < 4.78 is 0. The van der Waals surface area contributed by atoms with Gasteiger partial charge in [0.05, 0.1) is 6.04 Å². The first-order chi connectivity index (χ1) is 11.8. The van der Waals surface area contributed by atoms with Crippen LogP contribution in [0.15, 0.2) is 30.3 Å². The molecule has 146 valence electrons. The maximum atomic E-state index is 12.7. The summed E-state index contributed by atoms with van der Waals surface area (Å²) in [5.41, 5.74) is 6.84. The molecular weight excluding hydrogens is 350 g/mol.